The van der Waals surface area contributed by atoms with Crippen molar-refractivity contribution >= 4 is 39.6 Å². The van der Waals surface area contributed by atoms with E-state index in [1.165, 1.54) is 48.2 Å². The number of anilines is 1. The van der Waals surface area contributed by atoms with Gasteiger partial charge < -0.3 is 28.4 Å². The SMILES string of the molecule is CC(=O)OCC(O)(C#Cc1ccc(C2C(CC[C@H](OC(C)=O)c3ccc(F)cc3)C(=O)N2c2ccc(OS(=O)(=O)C(F)(F)F)cc2)cc1)COC(C)=O. The van der Waals surface area contributed by atoms with Gasteiger partial charge in [-0.2, -0.15) is 21.6 Å². The minimum atomic E-state index is -5.94. The van der Waals surface area contributed by atoms with E-state index in [-0.39, 0.29) is 18.5 Å². The molecule has 0 spiro atoms. The van der Waals surface area contributed by atoms with Gasteiger partial charge >= 0.3 is 33.5 Å². The molecule has 3 aromatic rings. The number of rotatable bonds is 13. The van der Waals surface area contributed by atoms with E-state index in [0.29, 0.717) is 16.7 Å². The molecule has 1 amide bonds. The van der Waals surface area contributed by atoms with Gasteiger partial charge in [0.2, 0.25) is 5.91 Å². The Hall–Kier alpha value is -5.47. The molecule has 0 bridgehead atoms. The maximum Gasteiger partial charge on any atom is 0.534 e. The Morgan fingerprint density at radius 3 is 1.94 bits per heavy atom. The third-order valence-electron chi connectivity index (χ3n) is 7.83. The molecule has 1 heterocycles. The first-order valence-electron chi connectivity index (χ1n) is 15.8. The summed E-state index contributed by atoms with van der Waals surface area (Å²) in [5.74, 6) is 1.02. The van der Waals surface area contributed by atoms with Crippen LogP contribution < -0.4 is 9.08 Å². The maximum atomic E-state index is 13.7. The van der Waals surface area contributed by atoms with Gasteiger partial charge in [0.15, 0.2) is 5.60 Å². The molecule has 0 saturated carbocycles. The van der Waals surface area contributed by atoms with Crippen molar-refractivity contribution in [1.29, 1.82) is 0 Å². The number of alkyl halides is 3. The number of nitrogens with zero attached hydrogens (tertiary/aromatic N) is 1. The monoisotopic (exact) mass is 763 g/mol. The fourth-order valence-electron chi connectivity index (χ4n) is 5.35. The van der Waals surface area contributed by atoms with Gasteiger partial charge in [0.1, 0.15) is 30.9 Å². The molecule has 12 nitrogen and oxygen atoms in total. The highest BCUT2D eigenvalue weighted by Crippen LogP contribution is 2.47. The average Bonchev–Trinajstić information content (AvgIpc) is 3.08. The Kier molecular flexibility index (Phi) is 12.5. The van der Waals surface area contributed by atoms with E-state index in [1.54, 1.807) is 24.3 Å². The fraction of sp³-hybridized carbons (Fsp3) is 0.333. The zero-order valence-electron chi connectivity index (χ0n) is 28.4. The Morgan fingerprint density at radius 2 is 1.43 bits per heavy atom. The summed E-state index contributed by atoms with van der Waals surface area (Å²) in [5.41, 5.74) is -6.05. The van der Waals surface area contributed by atoms with Crippen LogP contribution in [0.3, 0.4) is 0 Å². The van der Waals surface area contributed by atoms with Crippen LogP contribution in [-0.4, -0.2) is 61.7 Å². The highest BCUT2D eigenvalue weighted by molar-refractivity contribution is 7.88. The topological polar surface area (TPSA) is 163 Å². The first-order chi connectivity index (χ1) is 24.8. The number of esters is 3. The molecule has 3 atom stereocenters. The van der Waals surface area contributed by atoms with Crippen LogP contribution in [0, 0.1) is 23.6 Å². The van der Waals surface area contributed by atoms with Crippen LogP contribution in [0.15, 0.2) is 72.8 Å². The summed E-state index contributed by atoms with van der Waals surface area (Å²) in [7, 11) is -5.94. The van der Waals surface area contributed by atoms with E-state index in [2.05, 4.69) is 16.0 Å². The normalized spacial score (nSPS) is 16.4. The summed E-state index contributed by atoms with van der Waals surface area (Å²) in [6.07, 6.45) is -0.500. The van der Waals surface area contributed by atoms with Crippen molar-refractivity contribution in [1.82, 2.24) is 0 Å². The summed E-state index contributed by atoms with van der Waals surface area (Å²) in [4.78, 5) is 49.6. The molecule has 0 aliphatic carbocycles. The maximum absolute atomic E-state index is 13.7. The van der Waals surface area contributed by atoms with Crippen molar-refractivity contribution in [2.24, 2.45) is 5.92 Å². The Labute approximate surface area is 301 Å². The minimum absolute atomic E-state index is 0.154. The second kappa shape index (κ2) is 16.5. The van der Waals surface area contributed by atoms with Gasteiger partial charge in [-0.05, 0) is 72.5 Å². The molecule has 282 valence electrons. The molecular formula is C36H33F4NO11S. The van der Waals surface area contributed by atoms with E-state index in [4.69, 9.17) is 14.2 Å². The van der Waals surface area contributed by atoms with Crippen molar-refractivity contribution in [3.05, 3.63) is 95.3 Å². The zero-order valence-corrected chi connectivity index (χ0v) is 29.2. The Balaban J connectivity index is 1.64. The quantitative estimate of drug-likeness (QED) is 0.0472. The van der Waals surface area contributed by atoms with Gasteiger partial charge in [-0.25, -0.2) is 4.39 Å². The number of amides is 1. The zero-order chi connectivity index (χ0) is 39.1. The van der Waals surface area contributed by atoms with Crippen molar-refractivity contribution in [3.8, 4) is 17.6 Å². The first-order valence-corrected chi connectivity index (χ1v) is 17.2. The lowest BCUT2D eigenvalue weighted by atomic mass is 9.78. The van der Waals surface area contributed by atoms with Gasteiger partial charge in [0.05, 0.1) is 12.0 Å². The lowest BCUT2D eigenvalue weighted by Gasteiger charge is -2.48. The molecular weight excluding hydrogens is 730 g/mol. The number of hydrogen-bond acceptors (Lipinski definition) is 11. The summed E-state index contributed by atoms with van der Waals surface area (Å²) in [6, 6.07) is 15.4. The van der Waals surface area contributed by atoms with E-state index in [9.17, 15) is 50.3 Å². The van der Waals surface area contributed by atoms with E-state index >= 15 is 0 Å². The lowest BCUT2D eigenvalue weighted by Crippen LogP contribution is -2.55. The number of ether oxygens (including phenoxy) is 3. The molecule has 4 rings (SSSR count). The molecule has 2 unspecified atom stereocenters. The largest absolute Gasteiger partial charge is 0.534 e. The molecule has 53 heavy (non-hydrogen) atoms. The van der Waals surface area contributed by atoms with Crippen LogP contribution in [0.1, 0.15) is 62.4 Å². The predicted molar refractivity (Wildman–Crippen MR) is 177 cm³/mol. The molecule has 17 heteroatoms. The number of benzene rings is 3. The molecule has 1 fully saturated rings. The third-order valence-corrected chi connectivity index (χ3v) is 8.81. The van der Waals surface area contributed by atoms with Crippen LogP contribution in [0.4, 0.5) is 23.2 Å². The number of halogens is 4. The highest BCUT2D eigenvalue weighted by atomic mass is 32.2. The lowest BCUT2D eigenvalue weighted by molar-refractivity contribution is -0.154. The molecule has 1 N–H and O–H groups in total. The average molecular weight is 764 g/mol. The first kappa shape index (κ1) is 40.3. The Bertz CT molecular complexity index is 1970. The van der Waals surface area contributed by atoms with Crippen molar-refractivity contribution in [2.45, 2.75) is 56.9 Å². The number of hydrogen-bond donors (Lipinski definition) is 1. The van der Waals surface area contributed by atoms with Crippen LogP contribution in [-0.2, 0) is 43.5 Å². The van der Waals surface area contributed by atoms with Crippen LogP contribution >= 0.6 is 0 Å². The third kappa shape index (κ3) is 10.5. The standard InChI is InChI=1S/C36H33F4NO11S/c1-22(42)49-20-35(46,21-50-23(2)43)19-18-25-4-6-27(7-5-25)33-31(16-17-32(51-24(3)44)26-8-10-28(37)11-9-26)34(45)41(33)29-12-14-30(15-13-29)52-53(47,48)36(38,39)40/h4-15,31-33,46H,16-17,20-21H2,1-3H3/t31?,32-,33?/m0/s1. The van der Waals surface area contributed by atoms with Crippen molar-refractivity contribution in [2.75, 3.05) is 18.1 Å². The second-order valence-corrected chi connectivity index (χ2v) is 13.5. The minimum Gasteiger partial charge on any atom is -0.462 e. The van der Waals surface area contributed by atoms with Gasteiger partial charge in [-0.3, -0.25) is 19.2 Å². The molecule has 1 aliphatic heterocycles. The molecule has 0 radical (unpaired) electrons. The molecule has 1 saturated heterocycles. The summed E-state index contributed by atoms with van der Waals surface area (Å²) >= 11 is 0. The number of aliphatic hydroxyl groups is 1. The van der Waals surface area contributed by atoms with E-state index in [1.807, 2.05) is 0 Å². The van der Waals surface area contributed by atoms with Crippen LogP contribution in [0.2, 0.25) is 0 Å². The van der Waals surface area contributed by atoms with Crippen LogP contribution in [0.25, 0.3) is 0 Å². The van der Waals surface area contributed by atoms with Gasteiger partial charge in [-0.1, -0.05) is 36.1 Å². The number of β-lactam (4-membered cyclic amide) rings is 1. The number of carbonyl (C=O) groups is 4. The van der Waals surface area contributed by atoms with Gasteiger partial charge in [0.25, 0.3) is 0 Å². The molecule has 0 aromatic heterocycles. The van der Waals surface area contributed by atoms with Gasteiger partial charge in [-0.15, -0.1) is 0 Å². The molecule has 1 aliphatic rings. The summed E-state index contributed by atoms with van der Waals surface area (Å²) in [5, 5.41) is 10.8. The summed E-state index contributed by atoms with van der Waals surface area (Å²) in [6.45, 7) is 2.29. The smallest absolute Gasteiger partial charge is 0.462 e. The fourth-order valence-corrected chi connectivity index (χ4v) is 5.80. The molecule has 3 aromatic carbocycles. The van der Waals surface area contributed by atoms with Gasteiger partial charge in [0, 0.05) is 32.0 Å². The van der Waals surface area contributed by atoms with E-state index in [0.717, 1.165) is 26.0 Å². The van der Waals surface area contributed by atoms with Crippen molar-refractivity contribution < 1.29 is 68.7 Å². The number of carbonyl (C=O) groups excluding carboxylic acids is 4. The van der Waals surface area contributed by atoms with Crippen LogP contribution in [0.5, 0.6) is 5.75 Å². The second-order valence-electron chi connectivity index (χ2n) is 11.9. The Morgan fingerprint density at radius 1 is 0.868 bits per heavy atom. The highest BCUT2D eigenvalue weighted by Gasteiger charge is 2.50. The van der Waals surface area contributed by atoms with E-state index < -0.39 is 87.9 Å². The van der Waals surface area contributed by atoms with Crippen molar-refractivity contribution in [3.63, 3.8) is 0 Å². The predicted octanol–water partition coefficient (Wildman–Crippen LogP) is 5.05. The summed E-state index contributed by atoms with van der Waals surface area (Å²) < 4.78 is 94.5.